The van der Waals surface area contributed by atoms with Gasteiger partial charge in [0, 0.05) is 45.2 Å². The summed E-state index contributed by atoms with van der Waals surface area (Å²) in [4.78, 5) is 19.5. The summed E-state index contributed by atoms with van der Waals surface area (Å²) < 4.78 is 2.05. The summed E-state index contributed by atoms with van der Waals surface area (Å²) in [6.45, 7) is 9.30. The Labute approximate surface area is 142 Å². The fraction of sp³-hybridized carbons (Fsp3) is 0.529. The van der Waals surface area contributed by atoms with Crippen LogP contribution in [-0.2, 0) is 13.6 Å². The zero-order valence-electron chi connectivity index (χ0n) is 14.4. The van der Waals surface area contributed by atoms with Crippen molar-refractivity contribution in [1.82, 2.24) is 19.4 Å². The summed E-state index contributed by atoms with van der Waals surface area (Å²) in [5, 5.41) is 0.925. The van der Waals surface area contributed by atoms with Crippen molar-refractivity contribution in [3.8, 4) is 0 Å². The first-order valence-corrected chi connectivity index (χ1v) is 8.58. The highest BCUT2D eigenvalue weighted by Gasteiger charge is 2.14. The van der Waals surface area contributed by atoms with Crippen LogP contribution in [0.25, 0.3) is 10.9 Å². The van der Waals surface area contributed by atoms with Crippen LogP contribution < -0.4 is 5.69 Å². The number of likely N-dealkylation sites (N-methyl/N-ethyl adjacent to an activating group) is 1. The Balaban J connectivity index is 0.000000924. The molecule has 0 unspecified atom stereocenters. The summed E-state index contributed by atoms with van der Waals surface area (Å²) in [5.41, 5.74) is 1.88. The van der Waals surface area contributed by atoms with Gasteiger partial charge in [-0.05, 0) is 24.7 Å². The fourth-order valence-electron chi connectivity index (χ4n) is 2.72. The number of piperazine rings is 1. The molecule has 1 aliphatic rings. The molecule has 3 rings (SSSR count). The van der Waals surface area contributed by atoms with E-state index >= 15 is 0 Å². The van der Waals surface area contributed by atoms with Crippen LogP contribution in [0.5, 0.6) is 0 Å². The molecule has 2 aromatic rings. The Morgan fingerprint density at radius 3 is 2.43 bits per heavy atom. The monoisotopic (exact) mass is 334 g/mol. The molecule has 2 heterocycles. The maximum atomic E-state index is 11.8. The van der Waals surface area contributed by atoms with Crippen LogP contribution >= 0.6 is 12.2 Å². The molecule has 126 valence electrons. The molecule has 0 amide bonds. The molecule has 0 spiro atoms. The minimum atomic E-state index is -0.163. The molecule has 0 radical (unpaired) electrons. The number of H-pyrrole nitrogens is 1. The second-order valence-electron chi connectivity index (χ2n) is 5.75. The van der Waals surface area contributed by atoms with Crippen molar-refractivity contribution in [2.75, 3.05) is 33.2 Å². The fourth-order valence-corrected chi connectivity index (χ4v) is 2.98. The minimum absolute atomic E-state index is 0.163. The molecule has 0 bridgehead atoms. The number of hydrogen-bond acceptors (Lipinski definition) is 4. The smallest absolute Gasteiger partial charge is 0.307 e. The Hall–Kier alpha value is -1.50. The number of aromatic amines is 1. The topological polar surface area (TPSA) is 44.3 Å². The highest BCUT2D eigenvalue weighted by molar-refractivity contribution is 7.71. The molecular weight excluding hydrogens is 308 g/mol. The van der Waals surface area contributed by atoms with Gasteiger partial charge >= 0.3 is 5.69 Å². The van der Waals surface area contributed by atoms with Gasteiger partial charge in [0.2, 0.25) is 0 Å². The van der Waals surface area contributed by atoms with E-state index in [4.69, 9.17) is 12.2 Å². The Morgan fingerprint density at radius 1 is 1.13 bits per heavy atom. The minimum Gasteiger partial charge on any atom is -0.307 e. The van der Waals surface area contributed by atoms with Gasteiger partial charge in [0.15, 0.2) is 0 Å². The van der Waals surface area contributed by atoms with Gasteiger partial charge in [-0.25, -0.2) is 4.79 Å². The van der Waals surface area contributed by atoms with E-state index in [2.05, 4.69) is 27.9 Å². The van der Waals surface area contributed by atoms with Crippen molar-refractivity contribution < 1.29 is 0 Å². The summed E-state index contributed by atoms with van der Waals surface area (Å²) >= 11 is 5.33. The van der Waals surface area contributed by atoms with E-state index in [0.29, 0.717) is 4.64 Å². The van der Waals surface area contributed by atoms with Crippen LogP contribution in [0.15, 0.2) is 23.0 Å². The lowest BCUT2D eigenvalue weighted by Gasteiger charge is -2.32. The molecule has 6 heteroatoms. The van der Waals surface area contributed by atoms with Gasteiger partial charge in [-0.1, -0.05) is 32.1 Å². The van der Waals surface area contributed by atoms with E-state index in [9.17, 15) is 4.79 Å². The number of benzene rings is 1. The molecule has 5 nitrogen and oxygen atoms in total. The number of rotatable bonds is 2. The van der Waals surface area contributed by atoms with E-state index in [1.165, 1.54) is 10.1 Å². The van der Waals surface area contributed by atoms with E-state index in [1.54, 1.807) is 7.05 Å². The maximum absolute atomic E-state index is 11.8. The Morgan fingerprint density at radius 2 is 1.78 bits per heavy atom. The highest BCUT2D eigenvalue weighted by Crippen LogP contribution is 2.16. The van der Waals surface area contributed by atoms with E-state index < -0.39 is 0 Å². The Kier molecular flexibility index (Phi) is 6.10. The van der Waals surface area contributed by atoms with Crippen LogP contribution in [-0.4, -0.2) is 52.6 Å². The first-order valence-electron chi connectivity index (χ1n) is 8.17. The number of aromatic nitrogens is 2. The predicted molar refractivity (Wildman–Crippen MR) is 98.5 cm³/mol. The predicted octanol–water partition coefficient (Wildman–Crippen LogP) is 2.37. The summed E-state index contributed by atoms with van der Waals surface area (Å²) in [6, 6.07) is 6.17. The van der Waals surface area contributed by atoms with E-state index in [-0.39, 0.29) is 5.69 Å². The second kappa shape index (κ2) is 7.86. The van der Waals surface area contributed by atoms with Crippen molar-refractivity contribution in [1.29, 1.82) is 0 Å². The van der Waals surface area contributed by atoms with Crippen LogP contribution in [0.4, 0.5) is 0 Å². The molecule has 1 aliphatic heterocycles. The maximum Gasteiger partial charge on any atom is 0.326 e. The quantitative estimate of drug-likeness (QED) is 0.857. The first-order chi connectivity index (χ1) is 11.0. The zero-order chi connectivity index (χ0) is 17.0. The summed E-state index contributed by atoms with van der Waals surface area (Å²) in [5.74, 6) is 0. The lowest BCUT2D eigenvalue weighted by Crippen LogP contribution is -2.43. The van der Waals surface area contributed by atoms with Crippen molar-refractivity contribution in [3.05, 3.63) is 38.9 Å². The van der Waals surface area contributed by atoms with Gasteiger partial charge in [-0.2, -0.15) is 0 Å². The third kappa shape index (κ3) is 4.07. The zero-order valence-corrected chi connectivity index (χ0v) is 15.2. The number of nitrogens with zero attached hydrogens (tertiary/aromatic N) is 3. The Bertz CT molecular complexity index is 772. The van der Waals surface area contributed by atoms with Crippen molar-refractivity contribution in [2.45, 2.75) is 20.4 Å². The van der Waals surface area contributed by atoms with E-state index in [1.807, 2.05) is 26.0 Å². The third-order valence-electron chi connectivity index (χ3n) is 4.17. The van der Waals surface area contributed by atoms with Gasteiger partial charge < -0.3 is 9.88 Å². The molecule has 0 saturated carbocycles. The largest absolute Gasteiger partial charge is 0.326 e. The summed E-state index contributed by atoms with van der Waals surface area (Å²) in [6.07, 6.45) is 0. The molecular formula is C17H26N4OS. The highest BCUT2D eigenvalue weighted by atomic mass is 32.1. The van der Waals surface area contributed by atoms with Crippen LogP contribution in [0, 0.1) is 4.64 Å². The molecule has 1 N–H and O–H groups in total. The van der Waals surface area contributed by atoms with E-state index in [0.717, 1.165) is 43.6 Å². The van der Waals surface area contributed by atoms with Crippen LogP contribution in [0.2, 0.25) is 0 Å². The molecule has 1 aromatic heterocycles. The average molecular weight is 334 g/mol. The standard InChI is InChI=1S/C15H20N4OS.C2H6/c1-17-5-7-19(8-6-17)10-11-3-4-12-13(9-11)16-15(20)18(2)14(12)21;1-2/h3-4,9H,5-8,10H2,1-2H3,(H,16,20);1-2H3. The van der Waals surface area contributed by atoms with Gasteiger partial charge in [0.25, 0.3) is 0 Å². The third-order valence-corrected chi connectivity index (χ3v) is 4.66. The van der Waals surface area contributed by atoms with Crippen molar-refractivity contribution >= 4 is 23.1 Å². The van der Waals surface area contributed by atoms with Crippen molar-refractivity contribution in [3.63, 3.8) is 0 Å². The number of nitrogens with one attached hydrogen (secondary N) is 1. The molecule has 1 fully saturated rings. The van der Waals surface area contributed by atoms with Crippen LogP contribution in [0.1, 0.15) is 19.4 Å². The van der Waals surface area contributed by atoms with Gasteiger partial charge in [0.1, 0.15) is 4.64 Å². The first kappa shape index (κ1) is 17.8. The molecule has 0 aliphatic carbocycles. The van der Waals surface area contributed by atoms with Gasteiger partial charge in [-0.15, -0.1) is 0 Å². The lowest BCUT2D eigenvalue weighted by molar-refractivity contribution is 0.148. The normalized spacial score (nSPS) is 16.2. The number of fused-ring (bicyclic) bond motifs is 1. The number of hydrogen-bond donors (Lipinski definition) is 1. The van der Waals surface area contributed by atoms with Crippen molar-refractivity contribution in [2.24, 2.45) is 7.05 Å². The molecule has 0 atom stereocenters. The molecule has 1 saturated heterocycles. The second-order valence-corrected chi connectivity index (χ2v) is 6.14. The van der Waals surface area contributed by atoms with Gasteiger partial charge in [0.05, 0.1) is 5.52 Å². The summed E-state index contributed by atoms with van der Waals surface area (Å²) in [7, 11) is 3.85. The lowest BCUT2D eigenvalue weighted by atomic mass is 10.1. The average Bonchev–Trinajstić information content (AvgIpc) is 2.57. The van der Waals surface area contributed by atoms with Crippen LogP contribution in [0.3, 0.4) is 0 Å². The van der Waals surface area contributed by atoms with Gasteiger partial charge in [-0.3, -0.25) is 9.47 Å². The molecule has 1 aromatic carbocycles. The molecule has 23 heavy (non-hydrogen) atoms. The SMILES string of the molecule is CC.CN1CCN(Cc2ccc3c(=S)n(C)c(=O)[nH]c3c2)CC1.